The molecule has 4 N–H and O–H groups in total. The molecule has 1 aliphatic rings. The molecule has 0 unspecified atom stereocenters. The summed E-state index contributed by atoms with van der Waals surface area (Å²) < 4.78 is 0. The van der Waals surface area contributed by atoms with Gasteiger partial charge in [-0.2, -0.15) is 0 Å². The van der Waals surface area contributed by atoms with Gasteiger partial charge in [-0.1, -0.05) is 30.3 Å². The van der Waals surface area contributed by atoms with Gasteiger partial charge in [0.05, 0.1) is 17.7 Å². The summed E-state index contributed by atoms with van der Waals surface area (Å²) in [5, 5.41) is 27.2. The van der Waals surface area contributed by atoms with Crippen LogP contribution in [0.3, 0.4) is 0 Å². The smallest absolute Gasteiger partial charge is 0.118 e. The number of β-amino-alcohol motifs (C(OH)–C–C–N with tert-alkyl or cyclic N) is 1. The average molecular weight is 344 g/mol. The molecule has 0 amide bonds. The van der Waals surface area contributed by atoms with Gasteiger partial charge in [-0.05, 0) is 31.9 Å². The zero-order chi connectivity index (χ0) is 17.2. The minimum absolute atomic E-state index is 0.131. The van der Waals surface area contributed by atoms with Crippen LogP contribution in [0.2, 0.25) is 0 Å². The van der Waals surface area contributed by atoms with Crippen molar-refractivity contribution in [3.8, 4) is 5.75 Å². The third kappa shape index (κ3) is 4.04. The number of benzene rings is 2. The molecule has 1 aliphatic heterocycles. The Bertz CT molecular complexity index is 704. The Balaban J connectivity index is 1.66. The predicted octanol–water partition coefficient (Wildman–Crippen LogP) is 3.51. The number of thioether (sulfide) groups is 1. The molecular formula is C19H24N2O2S. The zero-order valence-electron chi connectivity index (χ0n) is 14.0. The van der Waals surface area contributed by atoms with Crippen molar-refractivity contribution in [2.24, 2.45) is 0 Å². The van der Waals surface area contributed by atoms with E-state index in [0.29, 0.717) is 6.54 Å². The maximum atomic E-state index is 10.6. The minimum atomic E-state index is -0.659. The van der Waals surface area contributed by atoms with E-state index in [2.05, 4.69) is 36.6 Å². The second-order valence-electron chi connectivity index (χ2n) is 6.82. The monoisotopic (exact) mass is 344 g/mol. The summed E-state index contributed by atoms with van der Waals surface area (Å²) in [6.45, 7) is 4.71. The van der Waals surface area contributed by atoms with Gasteiger partial charge in [-0.15, -0.1) is 11.8 Å². The SMILES string of the molecule is CC(C)(Cc1ccccc1)NC[C@H](O)c1cc(O)cc2c1SCN2. The van der Waals surface area contributed by atoms with E-state index in [1.807, 2.05) is 18.2 Å². The molecule has 0 aliphatic carbocycles. The summed E-state index contributed by atoms with van der Waals surface area (Å²) in [7, 11) is 0. The molecule has 0 radical (unpaired) electrons. The fourth-order valence-corrected chi connectivity index (χ4v) is 4.03. The number of phenolic OH excluding ortho intramolecular Hbond substituents is 1. The van der Waals surface area contributed by atoms with Crippen LogP contribution >= 0.6 is 11.8 Å². The van der Waals surface area contributed by atoms with Gasteiger partial charge >= 0.3 is 0 Å². The Hall–Kier alpha value is -1.69. The van der Waals surface area contributed by atoms with Crippen LogP contribution in [-0.2, 0) is 6.42 Å². The van der Waals surface area contributed by atoms with Crippen molar-refractivity contribution < 1.29 is 10.2 Å². The second kappa shape index (κ2) is 7.05. The highest BCUT2D eigenvalue weighted by Crippen LogP contribution is 2.41. The van der Waals surface area contributed by atoms with E-state index in [4.69, 9.17) is 0 Å². The number of aliphatic hydroxyl groups excluding tert-OH is 1. The number of aliphatic hydroxyl groups is 1. The summed E-state index contributed by atoms with van der Waals surface area (Å²) in [5.41, 5.74) is 2.82. The lowest BCUT2D eigenvalue weighted by atomic mass is 9.94. The van der Waals surface area contributed by atoms with Crippen molar-refractivity contribution in [1.29, 1.82) is 0 Å². The van der Waals surface area contributed by atoms with Gasteiger partial charge < -0.3 is 20.8 Å². The topological polar surface area (TPSA) is 64.5 Å². The third-order valence-electron chi connectivity index (χ3n) is 4.20. The van der Waals surface area contributed by atoms with E-state index in [1.54, 1.807) is 23.9 Å². The van der Waals surface area contributed by atoms with Crippen LogP contribution in [0.15, 0.2) is 47.4 Å². The highest BCUT2D eigenvalue weighted by molar-refractivity contribution is 8.00. The molecule has 3 rings (SSSR count). The van der Waals surface area contributed by atoms with Crippen LogP contribution in [-0.4, -0.2) is 28.2 Å². The molecule has 0 saturated carbocycles. The lowest BCUT2D eigenvalue weighted by molar-refractivity contribution is 0.158. The van der Waals surface area contributed by atoms with Crippen molar-refractivity contribution >= 4 is 17.4 Å². The van der Waals surface area contributed by atoms with Crippen LogP contribution in [0.1, 0.15) is 31.1 Å². The molecule has 2 aromatic carbocycles. The van der Waals surface area contributed by atoms with Crippen molar-refractivity contribution in [3.05, 3.63) is 53.6 Å². The molecule has 1 heterocycles. The highest BCUT2D eigenvalue weighted by atomic mass is 32.2. The van der Waals surface area contributed by atoms with E-state index in [1.165, 1.54) is 5.56 Å². The number of nitrogens with one attached hydrogen (secondary N) is 2. The van der Waals surface area contributed by atoms with Crippen LogP contribution in [0.5, 0.6) is 5.75 Å². The first-order valence-electron chi connectivity index (χ1n) is 8.15. The molecule has 4 nitrogen and oxygen atoms in total. The molecule has 5 heteroatoms. The molecule has 128 valence electrons. The molecule has 0 spiro atoms. The van der Waals surface area contributed by atoms with Gasteiger partial charge in [-0.3, -0.25) is 0 Å². The van der Waals surface area contributed by atoms with Crippen LogP contribution < -0.4 is 10.6 Å². The molecule has 2 aromatic rings. The summed E-state index contributed by atoms with van der Waals surface area (Å²) in [5.74, 6) is 0.951. The zero-order valence-corrected chi connectivity index (χ0v) is 14.9. The van der Waals surface area contributed by atoms with Gasteiger partial charge in [0.25, 0.3) is 0 Å². The Morgan fingerprint density at radius 2 is 2.00 bits per heavy atom. The summed E-state index contributed by atoms with van der Waals surface area (Å²) in [4.78, 5) is 1.03. The van der Waals surface area contributed by atoms with E-state index in [9.17, 15) is 10.2 Å². The number of anilines is 1. The van der Waals surface area contributed by atoms with E-state index in [0.717, 1.165) is 28.4 Å². The van der Waals surface area contributed by atoms with E-state index in [-0.39, 0.29) is 11.3 Å². The van der Waals surface area contributed by atoms with Crippen molar-refractivity contribution in [1.82, 2.24) is 5.32 Å². The van der Waals surface area contributed by atoms with Crippen LogP contribution in [0, 0.1) is 0 Å². The highest BCUT2D eigenvalue weighted by Gasteiger charge is 2.24. The van der Waals surface area contributed by atoms with Gasteiger partial charge in [0.2, 0.25) is 0 Å². The lowest BCUT2D eigenvalue weighted by Gasteiger charge is -2.28. The first kappa shape index (κ1) is 17.1. The normalized spacial score (nSPS) is 15.0. The molecule has 0 saturated heterocycles. The Labute approximate surface area is 147 Å². The largest absolute Gasteiger partial charge is 0.508 e. The minimum Gasteiger partial charge on any atom is -0.508 e. The standard InChI is InChI=1S/C19H24N2O2S/c1-19(2,10-13-6-4-3-5-7-13)21-11-17(23)15-8-14(22)9-16-18(15)24-12-20-16/h3-9,17,20-23H,10-12H2,1-2H3/t17-/m0/s1. The van der Waals surface area contributed by atoms with Gasteiger partial charge in [-0.25, -0.2) is 0 Å². The average Bonchev–Trinajstić information content (AvgIpc) is 3.00. The summed E-state index contributed by atoms with van der Waals surface area (Å²) >= 11 is 1.66. The van der Waals surface area contributed by atoms with Crippen molar-refractivity contribution in [3.63, 3.8) is 0 Å². The predicted molar refractivity (Wildman–Crippen MR) is 99.6 cm³/mol. The number of fused-ring (bicyclic) bond motifs is 1. The lowest BCUT2D eigenvalue weighted by Crippen LogP contribution is -2.43. The van der Waals surface area contributed by atoms with Gasteiger partial charge in [0.15, 0.2) is 0 Å². The van der Waals surface area contributed by atoms with E-state index >= 15 is 0 Å². The Kier molecular flexibility index (Phi) is 5.04. The molecule has 0 fully saturated rings. The van der Waals surface area contributed by atoms with Crippen molar-refractivity contribution in [2.75, 3.05) is 17.7 Å². The fraction of sp³-hybridized carbons (Fsp3) is 0.368. The molecule has 0 aromatic heterocycles. The Morgan fingerprint density at radius 1 is 1.25 bits per heavy atom. The third-order valence-corrected chi connectivity index (χ3v) is 5.24. The fourth-order valence-electron chi connectivity index (χ4n) is 3.01. The van der Waals surface area contributed by atoms with Crippen molar-refractivity contribution in [2.45, 2.75) is 36.8 Å². The number of rotatable bonds is 6. The number of hydrogen-bond donors (Lipinski definition) is 4. The Morgan fingerprint density at radius 3 is 2.75 bits per heavy atom. The van der Waals surface area contributed by atoms with Crippen LogP contribution in [0.4, 0.5) is 5.69 Å². The molecule has 1 atom stereocenters. The quantitative estimate of drug-likeness (QED) is 0.646. The summed E-state index contributed by atoms with van der Waals surface area (Å²) in [6, 6.07) is 13.7. The van der Waals surface area contributed by atoms with E-state index < -0.39 is 6.10 Å². The number of hydrogen-bond acceptors (Lipinski definition) is 5. The number of aromatic hydroxyl groups is 1. The van der Waals surface area contributed by atoms with Gasteiger partial charge in [0.1, 0.15) is 5.75 Å². The first-order chi connectivity index (χ1) is 11.4. The van der Waals surface area contributed by atoms with Gasteiger partial charge in [0, 0.05) is 28.6 Å². The van der Waals surface area contributed by atoms with Crippen LogP contribution in [0.25, 0.3) is 0 Å². The molecule has 0 bridgehead atoms. The second-order valence-corrected chi connectivity index (χ2v) is 7.81. The number of phenols is 1. The molecular weight excluding hydrogens is 320 g/mol. The maximum absolute atomic E-state index is 10.6. The first-order valence-corrected chi connectivity index (χ1v) is 9.14. The summed E-state index contributed by atoms with van der Waals surface area (Å²) in [6.07, 6.45) is 0.225. The molecule has 24 heavy (non-hydrogen) atoms. The maximum Gasteiger partial charge on any atom is 0.118 e.